The molecule has 0 amide bonds. The quantitative estimate of drug-likeness (QED) is 0.583. The molecule has 0 spiro atoms. The molecule has 0 aliphatic carbocycles. The molecule has 0 saturated carbocycles. The summed E-state index contributed by atoms with van der Waals surface area (Å²) in [6.45, 7) is 0. The summed E-state index contributed by atoms with van der Waals surface area (Å²) in [6, 6.07) is 15.5. The van der Waals surface area contributed by atoms with Gasteiger partial charge in [-0.1, -0.05) is 41.2 Å². The number of nitrogens with zero attached hydrogens (tertiary/aromatic N) is 6. The van der Waals surface area contributed by atoms with Gasteiger partial charge in [-0.15, -0.1) is 5.10 Å². The third-order valence-electron chi connectivity index (χ3n) is 3.58. The van der Waals surface area contributed by atoms with Crippen molar-refractivity contribution >= 4 is 11.0 Å². The fraction of sp³-hybridized carbons (Fsp3) is 0.0667. The molecule has 108 valence electrons. The lowest BCUT2D eigenvalue weighted by Crippen LogP contribution is -2.13. The van der Waals surface area contributed by atoms with Gasteiger partial charge >= 0.3 is 0 Å². The topological polar surface area (TPSA) is 81.6 Å². The highest BCUT2D eigenvalue weighted by atomic mass is 16.5. The molecule has 0 bridgehead atoms. The van der Waals surface area contributed by atoms with Crippen molar-refractivity contribution in [3.63, 3.8) is 0 Å². The van der Waals surface area contributed by atoms with Crippen molar-refractivity contribution in [2.45, 2.75) is 6.04 Å². The summed E-state index contributed by atoms with van der Waals surface area (Å²) in [5, 5.41) is 21.5. The van der Waals surface area contributed by atoms with Crippen LogP contribution in [0.2, 0.25) is 0 Å². The molecule has 4 aromatic rings. The van der Waals surface area contributed by atoms with Crippen LogP contribution >= 0.6 is 0 Å². The third-order valence-corrected chi connectivity index (χ3v) is 3.58. The minimum Gasteiger partial charge on any atom is -0.410 e. The van der Waals surface area contributed by atoms with Crippen LogP contribution in [0.25, 0.3) is 11.0 Å². The second kappa shape index (κ2) is 4.96. The average Bonchev–Trinajstić information content (AvgIpc) is 3.20. The highest BCUT2D eigenvalue weighted by molar-refractivity contribution is 5.75. The lowest BCUT2D eigenvalue weighted by Gasteiger charge is -2.18. The van der Waals surface area contributed by atoms with Gasteiger partial charge in [0.05, 0.1) is 0 Å². The Bertz CT molecular complexity index is 900. The molecule has 1 atom stereocenters. The molecule has 0 aliphatic heterocycles. The van der Waals surface area contributed by atoms with E-state index in [0.29, 0.717) is 11.0 Å². The SMILES string of the molecule is On1nnc2ccc(C(c3ccccc3)n3cncn3)cc21. The second-order valence-corrected chi connectivity index (χ2v) is 4.92. The van der Waals surface area contributed by atoms with E-state index in [0.717, 1.165) is 16.0 Å². The third kappa shape index (κ3) is 1.99. The summed E-state index contributed by atoms with van der Waals surface area (Å²) >= 11 is 0. The Labute approximate surface area is 125 Å². The molecule has 2 heterocycles. The average molecular weight is 292 g/mol. The van der Waals surface area contributed by atoms with Crippen molar-refractivity contribution in [1.29, 1.82) is 0 Å². The maximum atomic E-state index is 9.73. The molecule has 4 rings (SSSR count). The van der Waals surface area contributed by atoms with Gasteiger partial charge in [0.2, 0.25) is 0 Å². The number of aromatic nitrogens is 6. The normalized spacial score (nSPS) is 12.5. The number of benzene rings is 2. The van der Waals surface area contributed by atoms with Gasteiger partial charge in [0.1, 0.15) is 29.7 Å². The van der Waals surface area contributed by atoms with Crippen LogP contribution in [0.5, 0.6) is 0 Å². The first-order valence-corrected chi connectivity index (χ1v) is 6.76. The first-order chi connectivity index (χ1) is 10.8. The fourth-order valence-electron chi connectivity index (χ4n) is 2.58. The van der Waals surface area contributed by atoms with Crippen LogP contribution in [-0.4, -0.2) is 35.1 Å². The first-order valence-electron chi connectivity index (χ1n) is 6.76. The molecule has 2 aromatic carbocycles. The van der Waals surface area contributed by atoms with Crippen LogP contribution in [0.3, 0.4) is 0 Å². The van der Waals surface area contributed by atoms with Crippen molar-refractivity contribution in [2.75, 3.05) is 0 Å². The van der Waals surface area contributed by atoms with Crippen LogP contribution in [-0.2, 0) is 0 Å². The van der Waals surface area contributed by atoms with Gasteiger partial charge in [-0.2, -0.15) is 5.10 Å². The van der Waals surface area contributed by atoms with Gasteiger partial charge in [-0.05, 0) is 28.5 Å². The molecule has 0 fully saturated rings. The molecule has 22 heavy (non-hydrogen) atoms. The second-order valence-electron chi connectivity index (χ2n) is 4.92. The molecule has 0 radical (unpaired) electrons. The monoisotopic (exact) mass is 292 g/mol. The molecule has 2 aromatic heterocycles. The smallest absolute Gasteiger partial charge is 0.137 e. The van der Waals surface area contributed by atoms with E-state index in [2.05, 4.69) is 20.4 Å². The molecular weight excluding hydrogens is 280 g/mol. The highest BCUT2D eigenvalue weighted by Gasteiger charge is 2.18. The summed E-state index contributed by atoms with van der Waals surface area (Å²) in [5.74, 6) is 0. The predicted molar refractivity (Wildman–Crippen MR) is 78.4 cm³/mol. The van der Waals surface area contributed by atoms with Crippen molar-refractivity contribution in [1.82, 2.24) is 29.9 Å². The number of fused-ring (bicyclic) bond motifs is 1. The molecule has 0 aliphatic rings. The van der Waals surface area contributed by atoms with Gasteiger partial charge in [-0.3, -0.25) is 0 Å². The standard InChI is InChI=1S/C15H12N6O/c22-21-14-8-12(6-7-13(14)18-19-21)15(20-10-16-9-17-20)11-4-2-1-3-5-11/h1-10,15,22H. The van der Waals surface area contributed by atoms with E-state index in [9.17, 15) is 5.21 Å². The minimum atomic E-state index is -0.136. The molecule has 7 nitrogen and oxygen atoms in total. The van der Waals surface area contributed by atoms with Gasteiger partial charge in [0, 0.05) is 0 Å². The Morgan fingerprint density at radius 2 is 1.86 bits per heavy atom. The fourth-order valence-corrected chi connectivity index (χ4v) is 2.58. The lowest BCUT2D eigenvalue weighted by atomic mass is 9.98. The Kier molecular flexibility index (Phi) is 2.82. The Hall–Kier alpha value is -3.22. The molecular formula is C15H12N6O. The van der Waals surface area contributed by atoms with Crippen molar-refractivity contribution < 1.29 is 5.21 Å². The zero-order valence-corrected chi connectivity index (χ0v) is 11.5. The number of rotatable bonds is 3. The van der Waals surface area contributed by atoms with E-state index in [1.807, 2.05) is 48.5 Å². The lowest BCUT2D eigenvalue weighted by molar-refractivity contribution is 0.154. The van der Waals surface area contributed by atoms with Gasteiger partial charge in [0.15, 0.2) is 0 Å². The van der Waals surface area contributed by atoms with Crippen LogP contribution in [0.1, 0.15) is 17.2 Å². The van der Waals surface area contributed by atoms with Gasteiger partial charge < -0.3 is 5.21 Å². The van der Waals surface area contributed by atoms with E-state index >= 15 is 0 Å². The predicted octanol–water partition coefficient (Wildman–Crippen LogP) is 1.90. The van der Waals surface area contributed by atoms with E-state index < -0.39 is 0 Å². The minimum absolute atomic E-state index is 0.136. The van der Waals surface area contributed by atoms with Gasteiger partial charge in [0.25, 0.3) is 0 Å². The van der Waals surface area contributed by atoms with E-state index in [1.54, 1.807) is 11.0 Å². The Balaban J connectivity index is 1.91. The summed E-state index contributed by atoms with van der Waals surface area (Å²) < 4.78 is 1.78. The van der Waals surface area contributed by atoms with E-state index in [-0.39, 0.29) is 6.04 Å². The van der Waals surface area contributed by atoms with Crippen LogP contribution in [0.15, 0.2) is 61.2 Å². The molecule has 1 unspecified atom stereocenters. The summed E-state index contributed by atoms with van der Waals surface area (Å²) in [7, 11) is 0. The first kappa shape index (κ1) is 12.5. The summed E-state index contributed by atoms with van der Waals surface area (Å²) in [4.78, 5) is 4.82. The van der Waals surface area contributed by atoms with Crippen molar-refractivity contribution in [2.24, 2.45) is 0 Å². The Morgan fingerprint density at radius 3 is 2.64 bits per heavy atom. The maximum Gasteiger partial charge on any atom is 0.137 e. The van der Waals surface area contributed by atoms with E-state index in [1.165, 1.54) is 6.33 Å². The van der Waals surface area contributed by atoms with Crippen molar-refractivity contribution in [3.8, 4) is 0 Å². The highest BCUT2D eigenvalue weighted by Crippen LogP contribution is 2.27. The molecule has 0 saturated heterocycles. The molecule has 7 heteroatoms. The van der Waals surface area contributed by atoms with Crippen LogP contribution in [0, 0.1) is 0 Å². The maximum absolute atomic E-state index is 9.73. The zero-order valence-electron chi connectivity index (χ0n) is 11.5. The molecule has 1 N–H and O–H groups in total. The largest absolute Gasteiger partial charge is 0.410 e. The van der Waals surface area contributed by atoms with Gasteiger partial charge in [-0.25, -0.2) is 9.67 Å². The van der Waals surface area contributed by atoms with Crippen molar-refractivity contribution in [3.05, 3.63) is 72.3 Å². The number of hydrogen-bond acceptors (Lipinski definition) is 5. The van der Waals surface area contributed by atoms with Crippen LogP contribution in [0.4, 0.5) is 0 Å². The van der Waals surface area contributed by atoms with Crippen LogP contribution < -0.4 is 0 Å². The number of hydrogen-bond donors (Lipinski definition) is 1. The zero-order chi connectivity index (χ0) is 14.9. The Morgan fingerprint density at radius 1 is 1.00 bits per heavy atom. The summed E-state index contributed by atoms with van der Waals surface area (Å²) in [5.41, 5.74) is 3.22. The van der Waals surface area contributed by atoms with E-state index in [4.69, 9.17) is 0 Å². The summed E-state index contributed by atoms with van der Waals surface area (Å²) in [6.07, 6.45) is 3.18.